The van der Waals surface area contributed by atoms with Crippen molar-refractivity contribution in [2.45, 2.75) is 26.4 Å². The number of benzene rings is 1. The molecular weight excluding hydrogens is 271 g/mol. The predicted octanol–water partition coefficient (Wildman–Crippen LogP) is 3.59. The number of hydrogen-bond acceptors (Lipinski definition) is 1. The molecule has 0 unspecified atom stereocenters. The van der Waals surface area contributed by atoms with E-state index in [0.717, 1.165) is 5.56 Å². The van der Waals surface area contributed by atoms with E-state index in [0.29, 0.717) is 16.6 Å². The van der Waals surface area contributed by atoms with Crippen LogP contribution in [-0.4, -0.2) is 9.13 Å². The van der Waals surface area contributed by atoms with E-state index in [4.69, 9.17) is 23.2 Å². The Balaban J connectivity index is 2.35. The molecule has 0 amide bonds. The molecule has 1 aromatic heterocycles. The van der Waals surface area contributed by atoms with Gasteiger partial charge in [-0.3, -0.25) is 9.13 Å². The second-order valence-corrected chi connectivity index (χ2v) is 5.21. The molecule has 18 heavy (non-hydrogen) atoms. The summed E-state index contributed by atoms with van der Waals surface area (Å²) < 4.78 is 3.30. The molecule has 0 aliphatic rings. The van der Waals surface area contributed by atoms with Crippen molar-refractivity contribution < 1.29 is 0 Å². The normalized spacial score (nSPS) is 11.2. The van der Waals surface area contributed by atoms with Gasteiger partial charge in [0.2, 0.25) is 0 Å². The van der Waals surface area contributed by atoms with Gasteiger partial charge in [-0.1, -0.05) is 35.3 Å². The minimum absolute atomic E-state index is 0.0407. The van der Waals surface area contributed by atoms with Gasteiger partial charge in [-0.05, 0) is 25.5 Å². The van der Waals surface area contributed by atoms with Crippen LogP contribution in [0.2, 0.25) is 10.0 Å². The molecule has 0 saturated carbocycles. The van der Waals surface area contributed by atoms with Crippen LogP contribution in [0.3, 0.4) is 0 Å². The summed E-state index contributed by atoms with van der Waals surface area (Å²) in [5.41, 5.74) is 0.800. The Morgan fingerprint density at radius 3 is 2.56 bits per heavy atom. The fourth-order valence-corrected chi connectivity index (χ4v) is 2.18. The largest absolute Gasteiger partial charge is 0.328 e. The van der Waals surface area contributed by atoms with Crippen LogP contribution in [-0.2, 0) is 6.54 Å². The third kappa shape index (κ3) is 2.47. The van der Waals surface area contributed by atoms with E-state index in [-0.39, 0.29) is 11.7 Å². The van der Waals surface area contributed by atoms with Crippen LogP contribution in [0.15, 0.2) is 35.4 Å². The summed E-state index contributed by atoms with van der Waals surface area (Å²) in [6, 6.07) is 5.57. The van der Waals surface area contributed by atoms with Crippen molar-refractivity contribution in [3.8, 4) is 0 Å². The zero-order chi connectivity index (χ0) is 13.3. The SMILES string of the molecule is CC(C)n1ccn(Cc2cccc(Cl)c2Cl)c1=O. The number of hydrogen-bond donors (Lipinski definition) is 0. The molecule has 0 aliphatic heterocycles. The van der Waals surface area contributed by atoms with Crippen molar-refractivity contribution >= 4 is 23.2 Å². The summed E-state index contributed by atoms with van der Waals surface area (Å²) in [6.45, 7) is 4.37. The van der Waals surface area contributed by atoms with Crippen molar-refractivity contribution in [1.82, 2.24) is 9.13 Å². The molecule has 1 heterocycles. The number of halogens is 2. The van der Waals surface area contributed by atoms with Crippen molar-refractivity contribution in [3.63, 3.8) is 0 Å². The highest BCUT2D eigenvalue weighted by molar-refractivity contribution is 6.42. The molecule has 0 N–H and O–H groups in total. The minimum atomic E-state index is -0.0407. The summed E-state index contributed by atoms with van der Waals surface area (Å²) in [5, 5.41) is 1.01. The van der Waals surface area contributed by atoms with Gasteiger partial charge in [-0.25, -0.2) is 4.79 Å². The average molecular weight is 285 g/mol. The van der Waals surface area contributed by atoms with Crippen LogP contribution >= 0.6 is 23.2 Å². The fourth-order valence-electron chi connectivity index (χ4n) is 1.80. The monoisotopic (exact) mass is 284 g/mol. The van der Waals surface area contributed by atoms with Gasteiger partial charge in [0.15, 0.2) is 0 Å². The maximum atomic E-state index is 12.1. The molecule has 5 heteroatoms. The van der Waals surface area contributed by atoms with Gasteiger partial charge in [-0.2, -0.15) is 0 Å². The highest BCUT2D eigenvalue weighted by atomic mass is 35.5. The molecule has 1 aromatic carbocycles. The standard InChI is InChI=1S/C13H14Cl2N2O/c1-9(2)17-7-6-16(13(17)18)8-10-4-3-5-11(14)12(10)15/h3-7,9H,8H2,1-2H3. The Morgan fingerprint density at radius 1 is 1.22 bits per heavy atom. The molecule has 2 rings (SSSR count). The maximum Gasteiger partial charge on any atom is 0.328 e. The van der Waals surface area contributed by atoms with Crippen molar-refractivity contribution in [3.05, 3.63) is 56.7 Å². The zero-order valence-corrected chi connectivity index (χ0v) is 11.7. The topological polar surface area (TPSA) is 26.9 Å². The number of aromatic nitrogens is 2. The zero-order valence-electron chi connectivity index (χ0n) is 10.2. The lowest BCUT2D eigenvalue weighted by Gasteiger charge is -2.07. The minimum Gasteiger partial charge on any atom is -0.297 e. The summed E-state index contributed by atoms with van der Waals surface area (Å²) in [7, 11) is 0. The summed E-state index contributed by atoms with van der Waals surface area (Å²) in [5.74, 6) is 0. The van der Waals surface area contributed by atoms with Gasteiger partial charge in [0.1, 0.15) is 0 Å². The Kier molecular flexibility index (Phi) is 3.83. The first-order valence-corrected chi connectivity index (χ1v) is 6.46. The van der Waals surface area contributed by atoms with Crippen LogP contribution in [0.5, 0.6) is 0 Å². The highest BCUT2D eigenvalue weighted by Crippen LogP contribution is 2.25. The average Bonchev–Trinajstić information content (AvgIpc) is 2.67. The lowest BCUT2D eigenvalue weighted by atomic mass is 10.2. The van der Waals surface area contributed by atoms with E-state index in [1.54, 1.807) is 27.6 Å². The summed E-state index contributed by atoms with van der Waals surface area (Å²) in [4.78, 5) is 12.1. The molecule has 0 radical (unpaired) electrons. The lowest BCUT2D eigenvalue weighted by molar-refractivity contribution is 0.561. The third-order valence-electron chi connectivity index (χ3n) is 2.80. The highest BCUT2D eigenvalue weighted by Gasteiger charge is 2.09. The van der Waals surface area contributed by atoms with Gasteiger partial charge < -0.3 is 0 Å². The third-order valence-corrected chi connectivity index (χ3v) is 3.66. The first kappa shape index (κ1) is 13.2. The van der Waals surface area contributed by atoms with E-state index in [2.05, 4.69) is 0 Å². The second kappa shape index (κ2) is 5.21. The predicted molar refractivity (Wildman–Crippen MR) is 74.6 cm³/mol. The van der Waals surface area contributed by atoms with E-state index in [9.17, 15) is 4.79 Å². The van der Waals surface area contributed by atoms with Crippen LogP contribution in [0.25, 0.3) is 0 Å². The van der Waals surface area contributed by atoms with Crippen molar-refractivity contribution in [2.75, 3.05) is 0 Å². The Bertz CT molecular complexity index is 614. The van der Waals surface area contributed by atoms with Crippen LogP contribution < -0.4 is 5.69 Å². The van der Waals surface area contributed by atoms with Gasteiger partial charge in [0.25, 0.3) is 0 Å². The molecule has 0 aliphatic carbocycles. The van der Waals surface area contributed by atoms with Crippen molar-refractivity contribution in [2.24, 2.45) is 0 Å². The molecule has 96 valence electrons. The van der Waals surface area contributed by atoms with E-state index >= 15 is 0 Å². The molecule has 0 bridgehead atoms. The fraction of sp³-hybridized carbons (Fsp3) is 0.308. The molecule has 3 nitrogen and oxygen atoms in total. The molecule has 2 aromatic rings. The first-order valence-electron chi connectivity index (χ1n) is 5.71. The van der Waals surface area contributed by atoms with Gasteiger partial charge in [-0.15, -0.1) is 0 Å². The first-order chi connectivity index (χ1) is 8.50. The van der Waals surface area contributed by atoms with Gasteiger partial charge in [0, 0.05) is 18.4 Å². The van der Waals surface area contributed by atoms with E-state index in [1.807, 2.05) is 26.0 Å². The second-order valence-electron chi connectivity index (χ2n) is 4.42. The Hall–Kier alpha value is -1.19. The van der Waals surface area contributed by atoms with Gasteiger partial charge in [0.05, 0.1) is 16.6 Å². The van der Waals surface area contributed by atoms with E-state index < -0.39 is 0 Å². The van der Waals surface area contributed by atoms with Gasteiger partial charge >= 0.3 is 5.69 Å². The smallest absolute Gasteiger partial charge is 0.297 e. The molecule has 0 fully saturated rings. The number of imidazole rings is 1. The lowest BCUT2D eigenvalue weighted by Crippen LogP contribution is -2.25. The van der Waals surface area contributed by atoms with E-state index in [1.165, 1.54) is 0 Å². The summed E-state index contributed by atoms with van der Waals surface area (Å²) in [6.07, 6.45) is 3.55. The molecule has 0 saturated heterocycles. The maximum absolute atomic E-state index is 12.1. The molecular formula is C13H14Cl2N2O. The Morgan fingerprint density at radius 2 is 1.94 bits per heavy atom. The quantitative estimate of drug-likeness (QED) is 0.846. The van der Waals surface area contributed by atoms with Crippen LogP contribution in [0.1, 0.15) is 25.5 Å². The number of rotatable bonds is 3. The number of nitrogens with zero attached hydrogens (tertiary/aromatic N) is 2. The molecule has 0 atom stereocenters. The van der Waals surface area contributed by atoms with Crippen molar-refractivity contribution in [1.29, 1.82) is 0 Å². The van der Waals surface area contributed by atoms with Crippen LogP contribution in [0.4, 0.5) is 0 Å². The molecule has 0 spiro atoms. The van der Waals surface area contributed by atoms with Crippen LogP contribution in [0, 0.1) is 0 Å². The Labute approximate surface area is 116 Å². The summed E-state index contributed by atoms with van der Waals surface area (Å²) >= 11 is 12.1.